The number of hydrogen-bond acceptors (Lipinski definition) is 10. The molecule has 0 saturated carbocycles. The van der Waals surface area contributed by atoms with Crippen LogP contribution in [0.2, 0.25) is 0 Å². The average Bonchev–Trinajstić information content (AvgIpc) is 2.95. The Morgan fingerprint density at radius 1 is 0.545 bits per heavy atom. The number of nitrogens with one attached hydrogen (secondary N) is 2. The quantitative estimate of drug-likeness (QED) is 0.120. The maximum absolute atomic E-state index is 13.5. The fourth-order valence-electron chi connectivity index (χ4n) is 3.45. The van der Waals surface area contributed by atoms with Crippen LogP contribution in [0.15, 0.2) is 0 Å². The highest BCUT2D eigenvalue weighted by Crippen LogP contribution is 2.48. The van der Waals surface area contributed by atoms with Crippen molar-refractivity contribution in [1.29, 1.82) is 0 Å². The van der Waals surface area contributed by atoms with Crippen LogP contribution in [-0.2, 0) is 9.59 Å². The van der Waals surface area contributed by atoms with Crippen molar-refractivity contribution in [2.24, 2.45) is 0 Å². The van der Waals surface area contributed by atoms with Gasteiger partial charge in [0.2, 0.25) is 0 Å². The number of halogens is 6. The molecule has 0 heterocycles. The van der Waals surface area contributed by atoms with Crippen molar-refractivity contribution < 1.29 is 59.3 Å². The van der Waals surface area contributed by atoms with Crippen molar-refractivity contribution in [3.63, 3.8) is 0 Å². The molecule has 0 aliphatic heterocycles. The molecule has 2 aromatic carbocycles. The summed E-state index contributed by atoms with van der Waals surface area (Å²) in [5, 5.41) is 61.8. The fourth-order valence-corrected chi connectivity index (χ4v) is 12.5. The van der Waals surface area contributed by atoms with E-state index in [0.717, 1.165) is 0 Å². The molecule has 242 valence electrons. The monoisotopic (exact) mass is 1290 g/mol. The summed E-state index contributed by atoms with van der Waals surface area (Å²) in [6.45, 7) is -3.76. The van der Waals surface area contributed by atoms with E-state index in [1.54, 1.807) is 0 Å². The number of hydrogen-bond donors (Lipinski definition) is 8. The highest BCUT2D eigenvalue weighted by atomic mass is 127. The first kappa shape index (κ1) is 40.3. The third-order valence-corrected chi connectivity index (χ3v) is 11.8. The highest BCUT2D eigenvalue weighted by molar-refractivity contribution is 14.1. The number of ether oxygens (including phenoxy) is 2. The molecule has 0 radical (unpaired) electrons. The SMILES string of the molecule is O=C(O)COc1c(I)c(C(=O)NC(CO)CO)c(I)c(-c2c(I)c(OCC(=O)O)c(I)c(C(=O)NC(CO)CO)c2I)c1I. The average molecular weight is 1290 g/mol. The predicted octanol–water partition coefficient (Wildman–Crippen LogP) is 2.07. The number of carbonyl (C=O) groups is 4. The van der Waals surface area contributed by atoms with E-state index >= 15 is 0 Å². The van der Waals surface area contributed by atoms with Gasteiger partial charge in [0.25, 0.3) is 11.8 Å². The van der Waals surface area contributed by atoms with E-state index in [2.05, 4.69) is 10.6 Å². The number of carbonyl (C=O) groups excluding carboxylic acids is 2. The molecule has 0 saturated heterocycles. The zero-order valence-electron chi connectivity index (χ0n) is 21.8. The standard InChI is InChI=1S/C24H22I6N2O12/c25-15-11(17(27)21(43-5-9(37)38)19(29)13(15)23(41)31-7(1-33)2-34)12-16(26)14(24(42)32-8(3-35)4-36)20(30)22(18(12)28)44-6-10(39)40/h7-8,33-36H,1-6H2,(H,31,41)(H,32,42)(H,37,38)(H,39,40). The summed E-state index contributed by atoms with van der Waals surface area (Å²) in [7, 11) is 0. The van der Waals surface area contributed by atoms with Crippen LogP contribution in [0.25, 0.3) is 11.1 Å². The van der Waals surface area contributed by atoms with Gasteiger partial charge in [0.05, 0.1) is 63.9 Å². The van der Waals surface area contributed by atoms with E-state index in [-0.39, 0.29) is 29.8 Å². The number of benzene rings is 2. The lowest BCUT2D eigenvalue weighted by Gasteiger charge is -2.24. The van der Waals surface area contributed by atoms with Crippen molar-refractivity contribution in [3.05, 3.63) is 32.5 Å². The van der Waals surface area contributed by atoms with E-state index in [1.165, 1.54) is 0 Å². The molecule has 0 aromatic heterocycles. The maximum Gasteiger partial charge on any atom is 0.341 e. The van der Waals surface area contributed by atoms with E-state index in [4.69, 9.17) is 9.47 Å². The zero-order valence-corrected chi connectivity index (χ0v) is 34.7. The number of rotatable bonds is 15. The van der Waals surface area contributed by atoms with Crippen LogP contribution in [-0.4, -0.2) is 106 Å². The van der Waals surface area contributed by atoms with Gasteiger partial charge in [-0.05, 0) is 136 Å². The van der Waals surface area contributed by atoms with Crippen molar-refractivity contribution in [1.82, 2.24) is 10.6 Å². The molecule has 2 rings (SSSR count). The smallest absolute Gasteiger partial charge is 0.341 e. The van der Waals surface area contributed by atoms with Crippen molar-refractivity contribution >= 4 is 159 Å². The lowest BCUT2D eigenvalue weighted by Crippen LogP contribution is -2.41. The molecule has 44 heavy (non-hydrogen) atoms. The van der Waals surface area contributed by atoms with Crippen molar-refractivity contribution in [2.45, 2.75) is 12.1 Å². The molecule has 0 spiro atoms. The zero-order chi connectivity index (χ0) is 33.5. The van der Waals surface area contributed by atoms with Crippen LogP contribution in [0.1, 0.15) is 20.7 Å². The second-order valence-electron chi connectivity index (χ2n) is 8.48. The lowest BCUT2D eigenvalue weighted by molar-refractivity contribution is -0.140. The Morgan fingerprint density at radius 3 is 1.09 bits per heavy atom. The third-order valence-electron chi connectivity index (χ3n) is 5.49. The second kappa shape index (κ2) is 18.6. The maximum atomic E-state index is 13.5. The van der Waals surface area contributed by atoms with Crippen LogP contribution in [0, 0.1) is 21.4 Å². The summed E-state index contributed by atoms with van der Waals surface area (Å²) in [5.41, 5.74) is 0.696. The Labute approximate surface area is 331 Å². The van der Waals surface area contributed by atoms with E-state index in [9.17, 15) is 49.8 Å². The van der Waals surface area contributed by atoms with Gasteiger partial charge in [0, 0.05) is 18.3 Å². The first-order chi connectivity index (χ1) is 20.7. The molecule has 0 unspecified atom stereocenters. The van der Waals surface area contributed by atoms with Crippen LogP contribution >= 0.6 is 136 Å². The van der Waals surface area contributed by atoms with Crippen molar-refractivity contribution in [2.75, 3.05) is 39.6 Å². The van der Waals surface area contributed by atoms with Gasteiger partial charge >= 0.3 is 11.9 Å². The van der Waals surface area contributed by atoms with E-state index < -0.39 is 75.5 Å². The Hall–Kier alpha value is 0.140. The topological polar surface area (TPSA) is 232 Å². The molecule has 0 aliphatic carbocycles. The molecule has 2 aromatic rings. The van der Waals surface area contributed by atoms with Crippen LogP contribution < -0.4 is 20.1 Å². The van der Waals surface area contributed by atoms with Gasteiger partial charge in [-0.3, -0.25) is 9.59 Å². The number of carboxylic acids is 2. The molecule has 0 fully saturated rings. The molecule has 0 atom stereocenters. The fraction of sp³-hybridized carbons (Fsp3) is 0.333. The van der Waals surface area contributed by atoms with Gasteiger partial charge < -0.3 is 50.7 Å². The van der Waals surface area contributed by atoms with Gasteiger partial charge in [-0.25, -0.2) is 9.59 Å². The molecule has 20 heteroatoms. The molecule has 14 nitrogen and oxygen atoms in total. The van der Waals surface area contributed by atoms with Gasteiger partial charge in [-0.15, -0.1) is 0 Å². The molecule has 2 amide bonds. The first-order valence-electron chi connectivity index (χ1n) is 11.8. The van der Waals surface area contributed by atoms with Crippen LogP contribution in [0.4, 0.5) is 0 Å². The van der Waals surface area contributed by atoms with Gasteiger partial charge in [-0.2, -0.15) is 0 Å². The van der Waals surface area contributed by atoms with Crippen LogP contribution in [0.3, 0.4) is 0 Å². The molecular weight excluding hydrogens is 1270 g/mol. The number of carboxylic acid groups (broad SMARTS) is 2. The largest absolute Gasteiger partial charge is 0.480 e. The Kier molecular flexibility index (Phi) is 17.1. The lowest BCUT2D eigenvalue weighted by atomic mass is 9.99. The number of aliphatic carboxylic acids is 2. The summed E-state index contributed by atoms with van der Waals surface area (Å²) in [5.74, 6) is -3.93. The normalized spacial score (nSPS) is 11.1. The molecule has 8 N–H and O–H groups in total. The molecular formula is C24H22I6N2O12. The summed E-state index contributed by atoms with van der Waals surface area (Å²) in [6, 6.07) is -2.01. The van der Waals surface area contributed by atoms with Crippen LogP contribution in [0.5, 0.6) is 11.5 Å². The minimum atomic E-state index is -1.28. The number of aliphatic hydroxyl groups is 4. The highest BCUT2D eigenvalue weighted by Gasteiger charge is 2.33. The van der Waals surface area contributed by atoms with Gasteiger partial charge in [-0.1, -0.05) is 0 Å². The summed E-state index contributed by atoms with van der Waals surface area (Å²) < 4.78 is 13.1. The summed E-state index contributed by atoms with van der Waals surface area (Å²) in [6.07, 6.45) is 0. The minimum Gasteiger partial charge on any atom is -0.480 e. The first-order valence-corrected chi connectivity index (χ1v) is 18.3. The Bertz CT molecular complexity index is 1340. The van der Waals surface area contributed by atoms with Gasteiger partial charge in [0.1, 0.15) is 11.5 Å². The van der Waals surface area contributed by atoms with Gasteiger partial charge in [0.15, 0.2) is 13.2 Å². The number of aliphatic hydroxyl groups excluding tert-OH is 4. The third kappa shape index (κ3) is 9.61. The number of amides is 2. The molecule has 0 aliphatic rings. The Morgan fingerprint density at radius 2 is 0.841 bits per heavy atom. The Balaban J connectivity index is 3.09. The second-order valence-corrected chi connectivity index (χ2v) is 15.0. The minimum absolute atomic E-state index is 0.0266. The van der Waals surface area contributed by atoms with E-state index in [1.807, 2.05) is 136 Å². The predicted molar refractivity (Wildman–Crippen MR) is 205 cm³/mol. The summed E-state index contributed by atoms with van der Waals surface area (Å²) in [4.78, 5) is 49.9. The molecule has 0 bridgehead atoms. The van der Waals surface area contributed by atoms with Crippen molar-refractivity contribution in [3.8, 4) is 22.6 Å². The van der Waals surface area contributed by atoms with E-state index in [0.29, 0.717) is 25.4 Å². The summed E-state index contributed by atoms with van der Waals surface area (Å²) >= 11 is 11.3.